The number of carbonyl (C=O) groups excluding carboxylic acids is 1. The fourth-order valence-electron chi connectivity index (χ4n) is 3.03. The topological polar surface area (TPSA) is 38.8 Å². The van der Waals surface area contributed by atoms with Crippen LogP contribution in [0.2, 0.25) is 0 Å². The number of hydrogen-bond acceptors (Lipinski definition) is 3. The van der Waals surface area contributed by atoms with Crippen molar-refractivity contribution in [2.45, 2.75) is 32.4 Å². The molecule has 0 saturated carbocycles. The quantitative estimate of drug-likeness (QED) is 0.839. The van der Waals surface area contributed by atoms with Gasteiger partial charge in [-0.15, -0.1) is 0 Å². The number of amides is 1. The number of morpholine rings is 1. The molecule has 2 aromatic rings. The monoisotopic (exact) mass is 339 g/mol. The van der Waals surface area contributed by atoms with Gasteiger partial charge in [0.25, 0.3) is 5.91 Å². The average Bonchev–Trinajstić information content (AvgIpc) is 2.63. The predicted octanol–water partition coefficient (Wildman–Crippen LogP) is 3.23. The molecule has 0 N–H and O–H groups in total. The highest BCUT2D eigenvalue weighted by atomic mass is 16.5. The first-order valence-electron chi connectivity index (χ1n) is 8.76. The first kappa shape index (κ1) is 17.5. The highest BCUT2D eigenvalue weighted by molar-refractivity contribution is 5.78. The summed E-state index contributed by atoms with van der Waals surface area (Å²) in [6.45, 7) is 5.27. The number of ether oxygens (including phenoxy) is 2. The molecule has 1 aliphatic rings. The summed E-state index contributed by atoms with van der Waals surface area (Å²) in [7, 11) is 0. The molecule has 0 radical (unpaired) electrons. The van der Waals surface area contributed by atoms with Gasteiger partial charge in [-0.1, -0.05) is 48.0 Å². The Bertz CT molecular complexity index is 684. The Labute approximate surface area is 149 Å². The fraction of sp³-hybridized carbons (Fsp3) is 0.381. The van der Waals surface area contributed by atoms with Crippen LogP contribution >= 0.6 is 0 Å². The standard InChI is InChI=1S/C21H25NO3/c1-16-8-10-19(11-9-16)25-15-21(23)22-13-20(24-14-17(22)2)12-18-6-4-3-5-7-18/h3-11,17,20H,12-15H2,1-2H3. The molecule has 0 bridgehead atoms. The zero-order valence-electron chi connectivity index (χ0n) is 14.9. The molecule has 0 aliphatic carbocycles. The minimum atomic E-state index is 0.00874. The largest absolute Gasteiger partial charge is 0.484 e. The second-order valence-electron chi connectivity index (χ2n) is 6.64. The van der Waals surface area contributed by atoms with E-state index in [0.29, 0.717) is 13.2 Å². The van der Waals surface area contributed by atoms with Gasteiger partial charge in [-0.3, -0.25) is 4.79 Å². The molecule has 1 heterocycles. The highest BCUT2D eigenvalue weighted by Crippen LogP contribution is 2.17. The molecule has 1 aliphatic heterocycles. The van der Waals surface area contributed by atoms with Crippen molar-refractivity contribution in [1.82, 2.24) is 4.90 Å². The Kier molecular flexibility index (Phi) is 5.71. The lowest BCUT2D eigenvalue weighted by Crippen LogP contribution is -2.52. The molecular weight excluding hydrogens is 314 g/mol. The summed E-state index contributed by atoms with van der Waals surface area (Å²) in [5, 5.41) is 0. The molecule has 0 spiro atoms. The van der Waals surface area contributed by atoms with Crippen LogP contribution < -0.4 is 4.74 Å². The van der Waals surface area contributed by atoms with Gasteiger partial charge in [0.2, 0.25) is 0 Å². The van der Waals surface area contributed by atoms with Crippen molar-refractivity contribution < 1.29 is 14.3 Å². The molecular formula is C21H25NO3. The van der Waals surface area contributed by atoms with Gasteiger partial charge in [0.1, 0.15) is 5.75 Å². The van der Waals surface area contributed by atoms with Crippen molar-refractivity contribution in [3.8, 4) is 5.75 Å². The van der Waals surface area contributed by atoms with Gasteiger partial charge < -0.3 is 14.4 Å². The number of aryl methyl sites for hydroxylation is 1. The van der Waals surface area contributed by atoms with Crippen molar-refractivity contribution in [2.24, 2.45) is 0 Å². The summed E-state index contributed by atoms with van der Waals surface area (Å²) in [6, 6.07) is 18.1. The molecule has 1 amide bonds. The van der Waals surface area contributed by atoms with E-state index in [4.69, 9.17) is 9.47 Å². The molecule has 1 fully saturated rings. The minimum Gasteiger partial charge on any atom is -0.484 e. The third kappa shape index (κ3) is 4.83. The molecule has 25 heavy (non-hydrogen) atoms. The van der Waals surface area contributed by atoms with Gasteiger partial charge in [-0.2, -0.15) is 0 Å². The zero-order valence-corrected chi connectivity index (χ0v) is 14.9. The van der Waals surface area contributed by atoms with E-state index in [0.717, 1.165) is 12.2 Å². The molecule has 2 unspecified atom stereocenters. The van der Waals surface area contributed by atoms with Crippen LogP contribution in [0.25, 0.3) is 0 Å². The first-order valence-corrected chi connectivity index (χ1v) is 8.76. The fourth-order valence-corrected chi connectivity index (χ4v) is 3.03. The van der Waals surface area contributed by atoms with Crippen LogP contribution in [0.15, 0.2) is 54.6 Å². The maximum atomic E-state index is 12.6. The molecule has 132 valence electrons. The van der Waals surface area contributed by atoms with E-state index in [1.165, 1.54) is 11.1 Å². The predicted molar refractivity (Wildman–Crippen MR) is 97.7 cm³/mol. The maximum absolute atomic E-state index is 12.6. The first-order chi connectivity index (χ1) is 12.1. The van der Waals surface area contributed by atoms with Crippen molar-refractivity contribution in [3.05, 3.63) is 65.7 Å². The summed E-state index contributed by atoms with van der Waals surface area (Å²) < 4.78 is 11.6. The van der Waals surface area contributed by atoms with Gasteiger partial charge >= 0.3 is 0 Å². The van der Waals surface area contributed by atoms with Crippen LogP contribution in [0.3, 0.4) is 0 Å². The summed E-state index contributed by atoms with van der Waals surface area (Å²) in [5.74, 6) is 0.732. The van der Waals surface area contributed by atoms with E-state index in [9.17, 15) is 4.79 Å². The van der Waals surface area contributed by atoms with E-state index in [-0.39, 0.29) is 24.7 Å². The molecule has 2 aromatic carbocycles. The number of nitrogens with zero attached hydrogens (tertiary/aromatic N) is 1. The maximum Gasteiger partial charge on any atom is 0.260 e. The van der Waals surface area contributed by atoms with Crippen LogP contribution in [-0.4, -0.2) is 42.7 Å². The Morgan fingerprint density at radius 2 is 1.88 bits per heavy atom. The zero-order chi connectivity index (χ0) is 17.6. The smallest absolute Gasteiger partial charge is 0.260 e. The molecule has 2 atom stereocenters. The van der Waals surface area contributed by atoms with Gasteiger partial charge in [0, 0.05) is 13.0 Å². The number of hydrogen-bond donors (Lipinski definition) is 0. The lowest BCUT2D eigenvalue weighted by Gasteiger charge is -2.38. The Morgan fingerprint density at radius 3 is 2.60 bits per heavy atom. The van der Waals surface area contributed by atoms with E-state index < -0.39 is 0 Å². The van der Waals surface area contributed by atoms with Crippen LogP contribution in [0.4, 0.5) is 0 Å². The van der Waals surface area contributed by atoms with Gasteiger partial charge in [-0.05, 0) is 31.5 Å². The average molecular weight is 339 g/mol. The van der Waals surface area contributed by atoms with Crippen molar-refractivity contribution >= 4 is 5.91 Å². The van der Waals surface area contributed by atoms with Crippen LogP contribution in [0.1, 0.15) is 18.1 Å². The van der Waals surface area contributed by atoms with E-state index >= 15 is 0 Å². The van der Waals surface area contributed by atoms with E-state index in [2.05, 4.69) is 12.1 Å². The van der Waals surface area contributed by atoms with Crippen LogP contribution in [-0.2, 0) is 16.0 Å². The minimum absolute atomic E-state index is 0.00874. The Hall–Kier alpha value is -2.33. The molecule has 0 aromatic heterocycles. The number of carbonyl (C=O) groups is 1. The molecule has 4 heteroatoms. The highest BCUT2D eigenvalue weighted by Gasteiger charge is 2.29. The molecule has 1 saturated heterocycles. The third-order valence-corrected chi connectivity index (χ3v) is 4.52. The lowest BCUT2D eigenvalue weighted by molar-refractivity contribution is -0.146. The Balaban J connectivity index is 1.55. The summed E-state index contributed by atoms with van der Waals surface area (Å²) in [4.78, 5) is 14.5. The van der Waals surface area contributed by atoms with E-state index in [1.807, 2.05) is 61.2 Å². The Morgan fingerprint density at radius 1 is 1.16 bits per heavy atom. The molecule has 4 nitrogen and oxygen atoms in total. The second kappa shape index (κ2) is 8.17. The van der Waals surface area contributed by atoms with Gasteiger partial charge in [-0.25, -0.2) is 0 Å². The number of rotatable bonds is 5. The van der Waals surface area contributed by atoms with Crippen LogP contribution in [0.5, 0.6) is 5.75 Å². The number of benzene rings is 2. The summed E-state index contributed by atoms with van der Waals surface area (Å²) in [6.07, 6.45) is 0.845. The van der Waals surface area contributed by atoms with Gasteiger partial charge in [0.15, 0.2) is 6.61 Å². The summed E-state index contributed by atoms with van der Waals surface area (Å²) >= 11 is 0. The lowest BCUT2D eigenvalue weighted by atomic mass is 10.1. The normalized spacial score (nSPS) is 20.3. The summed E-state index contributed by atoms with van der Waals surface area (Å²) in [5.41, 5.74) is 2.40. The van der Waals surface area contributed by atoms with Crippen LogP contribution in [0, 0.1) is 6.92 Å². The SMILES string of the molecule is Cc1ccc(OCC(=O)N2CC(Cc3ccccc3)OCC2C)cc1. The van der Waals surface area contributed by atoms with Crippen molar-refractivity contribution in [3.63, 3.8) is 0 Å². The van der Waals surface area contributed by atoms with Crippen molar-refractivity contribution in [1.29, 1.82) is 0 Å². The van der Waals surface area contributed by atoms with E-state index in [1.54, 1.807) is 0 Å². The second-order valence-corrected chi connectivity index (χ2v) is 6.64. The molecule has 3 rings (SSSR count). The van der Waals surface area contributed by atoms with Crippen molar-refractivity contribution in [2.75, 3.05) is 19.8 Å². The third-order valence-electron chi connectivity index (χ3n) is 4.52. The van der Waals surface area contributed by atoms with Gasteiger partial charge in [0.05, 0.1) is 18.8 Å².